The van der Waals surface area contributed by atoms with Gasteiger partial charge in [0, 0.05) is 31.8 Å². The first-order chi connectivity index (χ1) is 13.2. The summed E-state index contributed by atoms with van der Waals surface area (Å²) in [5.74, 6) is 0.0565. The van der Waals surface area contributed by atoms with Gasteiger partial charge in [-0.25, -0.2) is 13.4 Å². The Balaban J connectivity index is 1.43. The van der Waals surface area contributed by atoms with Gasteiger partial charge in [-0.3, -0.25) is 4.79 Å². The molecule has 1 unspecified atom stereocenters. The van der Waals surface area contributed by atoms with Gasteiger partial charge in [-0.05, 0) is 52.4 Å². The minimum atomic E-state index is -3.21. The van der Waals surface area contributed by atoms with Crippen LogP contribution in [0.3, 0.4) is 0 Å². The standard InChI is InChI=1S/C19H29N3O4S2/c1-13-17(27-14(2)20-13)18(23)21-9-7-19(8-10-21)12-16(6-11-26-19)22(15-4-5-15)28(3,24)25/h15-16H,4-12H2,1-3H3. The number of likely N-dealkylation sites (tertiary alicyclic amines) is 1. The highest BCUT2D eigenvalue weighted by atomic mass is 32.2. The smallest absolute Gasteiger partial charge is 0.265 e. The number of carbonyl (C=O) groups is 1. The van der Waals surface area contributed by atoms with Gasteiger partial charge in [0.2, 0.25) is 10.0 Å². The Morgan fingerprint density at radius 1 is 1.21 bits per heavy atom. The number of piperidine rings is 1. The van der Waals surface area contributed by atoms with E-state index >= 15 is 0 Å². The Morgan fingerprint density at radius 2 is 1.89 bits per heavy atom. The van der Waals surface area contributed by atoms with Crippen LogP contribution in [0.4, 0.5) is 0 Å². The van der Waals surface area contributed by atoms with Crippen molar-refractivity contribution in [2.45, 2.75) is 70.1 Å². The van der Waals surface area contributed by atoms with Gasteiger partial charge in [0.05, 0.1) is 22.6 Å². The minimum Gasteiger partial charge on any atom is -0.375 e. The molecule has 1 aromatic heterocycles. The molecule has 0 aromatic carbocycles. The first-order valence-corrected chi connectivity index (χ1v) is 12.7. The molecule has 1 spiro atoms. The normalized spacial score (nSPS) is 25.4. The number of carbonyl (C=O) groups excluding carboxylic acids is 1. The lowest BCUT2D eigenvalue weighted by atomic mass is 9.82. The van der Waals surface area contributed by atoms with E-state index in [-0.39, 0.29) is 23.6 Å². The number of ether oxygens (including phenoxy) is 1. The number of aryl methyl sites for hydroxylation is 2. The molecule has 1 aromatic rings. The average Bonchev–Trinajstić information content (AvgIpc) is 3.37. The second kappa shape index (κ2) is 7.34. The van der Waals surface area contributed by atoms with Crippen LogP contribution in [0.15, 0.2) is 0 Å². The van der Waals surface area contributed by atoms with E-state index in [2.05, 4.69) is 4.98 Å². The maximum absolute atomic E-state index is 12.9. The number of hydrogen-bond acceptors (Lipinski definition) is 6. The molecule has 156 valence electrons. The van der Waals surface area contributed by atoms with Gasteiger partial charge in [0.1, 0.15) is 4.88 Å². The summed E-state index contributed by atoms with van der Waals surface area (Å²) in [6.07, 6.45) is 6.27. The van der Waals surface area contributed by atoms with Crippen molar-refractivity contribution >= 4 is 27.3 Å². The van der Waals surface area contributed by atoms with Crippen LogP contribution in [0.5, 0.6) is 0 Å². The van der Waals surface area contributed by atoms with Crippen molar-refractivity contribution in [1.29, 1.82) is 0 Å². The molecule has 9 heteroatoms. The van der Waals surface area contributed by atoms with E-state index in [0.717, 1.165) is 54.1 Å². The van der Waals surface area contributed by atoms with Gasteiger partial charge < -0.3 is 9.64 Å². The van der Waals surface area contributed by atoms with Crippen LogP contribution in [-0.4, -0.2) is 72.2 Å². The lowest BCUT2D eigenvalue weighted by Crippen LogP contribution is -2.55. The summed E-state index contributed by atoms with van der Waals surface area (Å²) >= 11 is 1.45. The number of thiazole rings is 1. The number of rotatable bonds is 4. The van der Waals surface area contributed by atoms with Crippen LogP contribution >= 0.6 is 11.3 Å². The Labute approximate surface area is 171 Å². The second-order valence-electron chi connectivity index (χ2n) is 8.44. The van der Waals surface area contributed by atoms with Crippen LogP contribution < -0.4 is 0 Å². The number of aromatic nitrogens is 1. The lowest BCUT2D eigenvalue weighted by Gasteiger charge is -2.48. The highest BCUT2D eigenvalue weighted by molar-refractivity contribution is 7.88. The fourth-order valence-corrected chi connectivity index (χ4v) is 7.09. The third-order valence-corrected chi connectivity index (χ3v) is 8.60. The zero-order valence-electron chi connectivity index (χ0n) is 16.8. The fraction of sp³-hybridized carbons (Fsp3) is 0.789. The van der Waals surface area contributed by atoms with Crippen molar-refractivity contribution in [3.63, 3.8) is 0 Å². The molecule has 2 saturated heterocycles. The van der Waals surface area contributed by atoms with E-state index in [0.29, 0.717) is 19.7 Å². The number of amides is 1. The summed E-state index contributed by atoms with van der Waals surface area (Å²) in [5.41, 5.74) is 0.492. The van der Waals surface area contributed by atoms with Crippen molar-refractivity contribution in [3.05, 3.63) is 15.6 Å². The Morgan fingerprint density at radius 3 is 2.43 bits per heavy atom. The second-order valence-corrected chi connectivity index (χ2v) is 11.5. The third-order valence-electron chi connectivity index (χ3n) is 6.18. The van der Waals surface area contributed by atoms with Gasteiger partial charge in [-0.15, -0.1) is 11.3 Å². The van der Waals surface area contributed by atoms with Gasteiger partial charge >= 0.3 is 0 Å². The Kier molecular flexibility index (Phi) is 5.31. The van der Waals surface area contributed by atoms with Crippen molar-refractivity contribution in [3.8, 4) is 0 Å². The largest absolute Gasteiger partial charge is 0.375 e. The topological polar surface area (TPSA) is 79.8 Å². The van der Waals surface area contributed by atoms with Crippen LogP contribution in [0.2, 0.25) is 0 Å². The molecule has 3 aliphatic rings. The Hall–Kier alpha value is -1.03. The Bertz CT molecular complexity index is 855. The number of sulfonamides is 1. The zero-order chi connectivity index (χ0) is 20.1. The molecule has 2 aliphatic heterocycles. The van der Waals surface area contributed by atoms with Crippen molar-refractivity contribution in [2.75, 3.05) is 26.0 Å². The van der Waals surface area contributed by atoms with Crippen LogP contribution in [-0.2, 0) is 14.8 Å². The van der Waals surface area contributed by atoms with Gasteiger partial charge in [-0.2, -0.15) is 4.31 Å². The highest BCUT2D eigenvalue weighted by Crippen LogP contribution is 2.41. The molecule has 0 bridgehead atoms. The van der Waals surface area contributed by atoms with Gasteiger partial charge in [0.15, 0.2) is 0 Å². The molecule has 3 heterocycles. The summed E-state index contributed by atoms with van der Waals surface area (Å²) < 4.78 is 32.6. The molecule has 0 radical (unpaired) electrons. The molecule has 1 amide bonds. The molecular formula is C19H29N3O4S2. The predicted octanol–water partition coefficient (Wildman–Crippen LogP) is 2.34. The van der Waals surface area contributed by atoms with Crippen molar-refractivity contribution in [2.24, 2.45) is 0 Å². The predicted molar refractivity (Wildman–Crippen MR) is 108 cm³/mol. The number of hydrogen-bond donors (Lipinski definition) is 0. The molecule has 28 heavy (non-hydrogen) atoms. The average molecular weight is 428 g/mol. The molecular weight excluding hydrogens is 398 g/mol. The molecule has 0 N–H and O–H groups in total. The summed E-state index contributed by atoms with van der Waals surface area (Å²) in [6, 6.07) is 0.194. The van der Waals surface area contributed by atoms with Crippen molar-refractivity contribution in [1.82, 2.24) is 14.2 Å². The summed E-state index contributed by atoms with van der Waals surface area (Å²) in [7, 11) is -3.21. The van der Waals surface area contributed by atoms with E-state index in [1.54, 1.807) is 4.31 Å². The van der Waals surface area contributed by atoms with E-state index in [1.807, 2.05) is 18.7 Å². The van der Waals surface area contributed by atoms with Crippen LogP contribution in [0, 0.1) is 13.8 Å². The van der Waals surface area contributed by atoms with Gasteiger partial charge in [-0.1, -0.05) is 0 Å². The lowest BCUT2D eigenvalue weighted by molar-refractivity contribution is -0.123. The number of nitrogens with zero attached hydrogens (tertiary/aromatic N) is 3. The first kappa shape index (κ1) is 20.3. The monoisotopic (exact) mass is 427 g/mol. The summed E-state index contributed by atoms with van der Waals surface area (Å²) in [6.45, 7) is 5.68. The third kappa shape index (κ3) is 3.99. The summed E-state index contributed by atoms with van der Waals surface area (Å²) in [5, 5.41) is 0.911. The molecule has 4 rings (SSSR count). The van der Waals surface area contributed by atoms with E-state index < -0.39 is 10.0 Å². The van der Waals surface area contributed by atoms with Crippen LogP contribution in [0.1, 0.15) is 58.9 Å². The molecule has 7 nitrogen and oxygen atoms in total. The van der Waals surface area contributed by atoms with E-state index in [4.69, 9.17) is 4.74 Å². The summed E-state index contributed by atoms with van der Waals surface area (Å²) in [4.78, 5) is 19.9. The van der Waals surface area contributed by atoms with E-state index in [9.17, 15) is 13.2 Å². The molecule has 3 fully saturated rings. The maximum atomic E-state index is 12.9. The SMILES string of the molecule is Cc1nc(C)c(C(=O)N2CCC3(CC2)CC(N(C2CC2)S(C)(=O)=O)CCO3)s1. The zero-order valence-corrected chi connectivity index (χ0v) is 18.4. The first-order valence-electron chi connectivity index (χ1n) is 10.0. The van der Waals surface area contributed by atoms with Crippen molar-refractivity contribution < 1.29 is 17.9 Å². The quantitative estimate of drug-likeness (QED) is 0.737. The fourth-order valence-electron chi connectivity index (χ4n) is 4.73. The minimum absolute atomic E-state index is 0.0184. The molecule has 1 atom stereocenters. The molecule has 1 aliphatic carbocycles. The highest BCUT2D eigenvalue weighted by Gasteiger charge is 2.47. The van der Waals surface area contributed by atoms with E-state index in [1.165, 1.54) is 17.6 Å². The van der Waals surface area contributed by atoms with Gasteiger partial charge in [0.25, 0.3) is 5.91 Å². The maximum Gasteiger partial charge on any atom is 0.265 e. The van der Waals surface area contributed by atoms with Crippen LogP contribution in [0.25, 0.3) is 0 Å². The molecule has 1 saturated carbocycles.